The monoisotopic (exact) mass is 238 g/mol. The molecule has 5 heteroatoms. The van der Waals surface area contributed by atoms with Crippen molar-refractivity contribution in [3.63, 3.8) is 0 Å². The molecule has 0 saturated heterocycles. The molecular formula is C12H22N4O. The van der Waals surface area contributed by atoms with E-state index in [-0.39, 0.29) is 11.6 Å². The lowest BCUT2D eigenvalue weighted by molar-refractivity contribution is 0.510. The SMILES string of the molecule is CCCn1ccnc(NCC(N)C(C)C)c1=O. The standard InChI is InChI=1S/C12H22N4O/c1-4-6-16-7-5-14-11(12(16)17)15-8-10(13)9(2)3/h5,7,9-10H,4,6,8,13H2,1-3H3,(H,14,15). The van der Waals surface area contributed by atoms with E-state index in [2.05, 4.69) is 24.1 Å². The highest BCUT2D eigenvalue weighted by Crippen LogP contribution is 2.00. The highest BCUT2D eigenvalue weighted by molar-refractivity contribution is 5.30. The van der Waals surface area contributed by atoms with E-state index < -0.39 is 0 Å². The summed E-state index contributed by atoms with van der Waals surface area (Å²) in [6.45, 7) is 7.43. The Kier molecular flexibility index (Phi) is 5.15. The van der Waals surface area contributed by atoms with Crippen LogP contribution in [-0.4, -0.2) is 22.1 Å². The van der Waals surface area contributed by atoms with Crippen molar-refractivity contribution in [3.05, 3.63) is 22.7 Å². The van der Waals surface area contributed by atoms with E-state index in [0.29, 0.717) is 24.8 Å². The predicted molar refractivity (Wildman–Crippen MR) is 70.1 cm³/mol. The van der Waals surface area contributed by atoms with Gasteiger partial charge < -0.3 is 15.6 Å². The van der Waals surface area contributed by atoms with Gasteiger partial charge in [-0.2, -0.15) is 0 Å². The molecule has 0 bridgehead atoms. The molecule has 17 heavy (non-hydrogen) atoms. The lowest BCUT2D eigenvalue weighted by Gasteiger charge is -2.16. The third kappa shape index (κ3) is 3.85. The molecule has 1 aromatic heterocycles. The van der Waals surface area contributed by atoms with Crippen LogP contribution in [0.3, 0.4) is 0 Å². The van der Waals surface area contributed by atoms with E-state index in [1.807, 2.05) is 6.92 Å². The van der Waals surface area contributed by atoms with Gasteiger partial charge in [-0.15, -0.1) is 0 Å². The Labute approximate surface area is 102 Å². The van der Waals surface area contributed by atoms with Gasteiger partial charge >= 0.3 is 0 Å². The molecule has 1 aromatic rings. The number of anilines is 1. The average Bonchev–Trinajstić information content (AvgIpc) is 2.30. The average molecular weight is 238 g/mol. The maximum absolute atomic E-state index is 11.9. The molecule has 1 rings (SSSR count). The molecule has 0 spiro atoms. The van der Waals surface area contributed by atoms with E-state index in [1.165, 1.54) is 0 Å². The number of nitrogens with two attached hydrogens (primary N) is 1. The molecule has 0 aliphatic carbocycles. The van der Waals surface area contributed by atoms with Gasteiger partial charge in [0.25, 0.3) is 5.56 Å². The molecule has 1 unspecified atom stereocenters. The Hall–Kier alpha value is -1.36. The number of nitrogens with zero attached hydrogens (tertiary/aromatic N) is 2. The van der Waals surface area contributed by atoms with E-state index in [1.54, 1.807) is 17.0 Å². The Morgan fingerprint density at radius 1 is 1.53 bits per heavy atom. The zero-order valence-corrected chi connectivity index (χ0v) is 10.8. The summed E-state index contributed by atoms with van der Waals surface area (Å²) in [5.74, 6) is 0.765. The van der Waals surface area contributed by atoms with Crippen molar-refractivity contribution >= 4 is 5.82 Å². The van der Waals surface area contributed by atoms with Crippen LogP contribution in [-0.2, 0) is 6.54 Å². The Morgan fingerprint density at radius 3 is 2.82 bits per heavy atom. The lowest BCUT2D eigenvalue weighted by Crippen LogP contribution is -2.36. The van der Waals surface area contributed by atoms with Crippen LogP contribution in [0, 0.1) is 5.92 Å². The summed E-state index contributed by atoms with van der Waals surface area (Å²) >= 11 is 0. The molecular weight excluding hydrogens is 216 g/mol. The first-order valence-electron chi connectivity index (χ1n) is 6.11. The predicted octanol–water partition coefficient (Wildman–Crippen LogP) is 1.05. The minimum Gasteiger partial charge on any atom is -0.364 e. The second-order valence-electron chi connectivity index (χ2n) is 4.56. The highest BCUT2D eigenvalue weighted by atomic mass is 16.1. The Morgan fingerprint density at radius 2 is 2.24 bits per heavy atom. The minimum atomic E-state index is -0.0784. The fourth-order valence-electron chi connectivity index (χ4n) is 1.44. The molecule has 96 valence electrons. The Balaban J connectivity index is 2.72. The first-order valence-corrected chi connectivity index (χ1v) is 6.11. The zero-order chi connectivity index (χ0) is 12.8. The summed E-state index contributed by atoms with van der Waals surface area (Å²) in [5.41, 5.74) is 5.83. The van der Waals surface area contributed by atoms with Gasteiger partial charge in [0.2, 0.25) is 0 Å². The van der Waals surface area contributed by atoms with Gasteiger partial charge in [0.1, 0.15) is 0 Å². The molecule has 0 aliphatic rings. The maximum Gasteiger partial charge on any atom is 0.293 e. The largest absolute Gasteiger partial charge is 0.364 e. The van der Waals surface area contributed by atoms with Gasteiger partial charge in [0.05, 0.1) is 0 Å². The van der Waals surface area contributed by atoms with Crippen molar-refractivity contribution < 1.29 is 0 Å². The third-order valence-electron chi connectivity index (χ3n) is 2.74. The van der Waals surface area contributed by atoms with Crippen molar-refractivity contribution in [2.24, 2.45) is 11.7 Å². The van der Waals surface area contributed by atoms with Gasteiger partial charge in [-0.1, -0.05) is 20.8 Å². The van der Waals surface area contributed by atoms with Crippen LogP contribution < -0.4 is 16.6 Å². The summed E-state index contributed by atoms with van der Waals surface area (Å²) in [6.07, 6.45) is 4.27. The third-order valence-corrected chi connectivity index (χ3v) is 2.74. The van der Waals surface area contributed by atoms with Crippen molar-refractivity contribution in [2.75, 3.05) is 11.9 Å². The molecule has 3 N–H and O–H groups in total. The van der Waals surface area contributed by atoms with Gasteiger partial charge in [0.15, 0.2) is 5.82 Å². The van der Waals surface area contributed by atoms with Gasteiger partial charge in [-0.25, -0.2) is 4.98 Å². The molecule has 0 amide bonds. The number of hydrogen-bond donors (Lipinski definition) is 2. The summed E-state index contributed by atoms with van der Waals surface area (Å²) in [5, 5.41) is 3.02. The first kappa shape index (κ1) is 13.7. The molecule has 1 atom stereocenters. The van der Waals surface area contributed by atoms with Gasteiger partial charge in [-0.05, 0) is 12.3 Å². The number of aryl methyl sites for hydroxylation is 1. The number of rotatable bonds is 6. The normalized spacial score (nSPS) is 12.8. The molecule has 0 aliphatic heterocycles. The first-order chi connectivity index (χ1) is 8.06. The van der Waals surface area contributed by atoms with Crippen LogP contribution in [0.2, 0.25) is 0 Å². The molecule has 0 fully saturated rings. The summed E-state index contributed by atoms with van der Waals surface area (Å²) in [6, 6.07) is 0.0241. The van der Waals surface area contributed by atoms with Gasteiger partial charge in [0, 0.05) is 31.5 Å². The number of hydrogen-bond acceptors (Lipinski definition) is 4. The van der Waals surface area contributed by atoms with Crippen molar-refractivity contribution in [3.8, 4) is 0 Å². The van der Waals surface area contributed by atoms with Crippen molar-refractivity contribution in [1.29, 1.82) is 0 Å². The summed E-state index contributed by atoms with van der Waals surface area (Å²) in [4.78, 5) is 16.0. The fourth-order valence-corrected chi connectivity index (χ4v) is 1.44. The molecule has 5 nitrogen and oxygen atoms in total. The van der Waals surface area contributed by atoms with E-state index in [9.17, 15) is 4.79 Å². The smallest absolute Gasteiger partial charge is 0.293 e. The van der Waals surface area contributed by atoms with Gasteiger partial charge in [-0.3, -0.25) is 4.79 Å². The fraction of sp³-hybridized carbons (Fsp3) is 0.667. The second-order valence-corrected chi connectivity index (χ2v) is 4.56. The van der Waals surface area contributed by atoms with Crippen LogP contribution in [0.4, 0.5) is 5.82 Å². The molecule has 0 saturated carbocycles. The lowest BCUT2D eigenvalue weighted by atomic mass is 10.1. The highest BCUT2D eigenvalue weighted by Gasteiger charge is 2.09. The molecule has 0 aromatic carbocycles. The summed E-state index contributed by atoms with van der Waals surface area (Å²) < 4.78 is 1.66. The van der Waals surface area contributed by atoms with Crippen LogP contribution in [0.25, 0.3) is 0 Å². The summed E-state index contributed by atoms with van der Waals surface area (Å²) in [7, 11) is 0. The van der Waals surface area contributed by atoms with E-state index in [0.717, 1.165) is 6.42 Å². The van der Waals surface area contributed by atoms with Crippen molar-refractivity contribution in [1.82, 2.24) is 9.55 Å². The maximum atomic E-state index is 11.9. The Bertz CT molecular complexity index is 400. The topological polar surface area (TPSA) is 72.9 Å². The van der Waals surface area contributed by atoms with Crippen LogP contribution in [0.5, 0.6) is 0 Å². The second kappa shape index (κ2) is 6.39. The van der Waals surface area contributed by atoms with Crippen LogP contribution >= 0.6 is 0 Å². The zero-order valence-electron chi connectivity index (χ0n) is 10.8. The van der Waals surface area contributed by atoms with E-state index >= 15 is 0 Å². The number of aromatic nitrogens is 2. The molecule has 1 heterocycles. The minimum absolute atomic E-state index is 0.0241. The molecule has 0 radical (unpaired) electrons. The number of nitrogens with one attached hydrogen (secondary N) is 1. The van der Waals surface area contributed by atoms with E-state index in [4.69, 9.17) is 5.73 Å². The van der Waals surface area contributed by atoms with Crippen molar-refractivity contribution in [2.45, 2.75) is 39.8 Å². The van der Waals surface area contributed by atoms with Crippen LogP contribution in [0.15, 0.2) is 17.2 Å². The quantitative estimate of drug-likeness (QED) is 0.777. The van der Waals surface area contributed by atoms with Crippen LogP contribution in [0.1, 0.15) is 27.2 Å².